The molecule has 0 radical (unpaired) electrons. The summed E-state index contributed by atoms with van der Waals surface area (Å²) in [6.45, 7) is 0.748. The Bertz CT molecular complexity index is 1020. The predicted octanol–water partition coefficient (Wildman–Crippen LogP) is 2.60. The first-order valence-corrected chi connectivity index (χ1v) is 11.5. The molecule has 2 aromatic rings. The molecular weight excluding hydrogens is 436 g/mol. The van der Waals surface area contributed by atoms with Crippen LogP contribution in [0.4, 0.5) is 4.79 Å². The number of amides is 4. The maximum Gasteiger partial charge on any atom is 0.293 e. The number of hydrogen-bond acceptors (Lipinski definition) is 7. The number of rotatable bonds is 6. The van der Waals surface area contributed by atoms with Gasteiger partial charge in [0.2, 0.25) is 5.91 Å². The van der Waals surface area contributed by atoms with E-state index in [-0.39, 0.29) is 36.1 Å². The van der Waals surface area contributed by atoms with Crippen molar-refractivity contribution < 1.29 is 19.2 Å². The molecule has 1 atom stereocenters. The molecule has 2 aliphatic rings. The molecule has 4 amide bonds. The number of hydrogen-bond donors (Lipinski definition) is 1. The zero-order chi connectivity index (χ0) is 21.8. The van der Waals surface area contributed by atoms with Gasteiger partial charge in [-0.2, -0.15) is 0 Å². The largest absolute Gasteiger partial charge is 0.353 e. The number of aromatic nitrogens is 1. The fraction of sp³-hybridized carbons (Fsp3) is 0.286. The van der Waals surface area contributed by atoms with Gasteiger partial charge < -0.3 is 10.2 Å². The Kier molecular flexibility index (Phi) is 6.47. The number of thioether (sulfide) groups is 1. The third kappa shape index (κ3) is 4.70. The van der Waals surface area contributed by atoms with E-state index in [4.69, 9.17) is 0 Å². The van der Waals surface area contributed by atoms with Crippen molar-refractivity contribution in [2.45, 2.75) is 18.9 Å². The number of carbonyl (C=O) groups excluding carboxylic acids is 4. The van der Waals surface area contributed by atoms with Crippen LogP contribution in [0.2, 0.25) is 0 Å². The van der Waals surface area contributed by atoms with Crippen molar-refractivity contribution in [2.75, 3.05) is 19.6 Å². The van der Waals surface area contributed by atoms with Crippen LogP contribution in [0, 0.1) is 0 Å². The molecule has 4 heterocycles. The van der Waals surface area contributed by atoms with E-state index in [0.717, 1.165) is 28.6 Å². The van der Waals surface area contributed by atoms with Gasteiger partial charge in [-0.05, 0) is 53.8 Å². The normalized spacial score (nSPS) is 20.0. The number of carbonyl (C=O) groups is 4. The van der Waals surface area contributed by atoms with Gasteiger partial charge in [0.25, 0.3) is 17.1 Å². The second-order valence-electron chi connectivity index (χ2n) is 7.04. The van der Waals surface area contributed by atoms with Gasteiger partial charge in [0.05, 0.1) is 9.78 Å². The molecule has 8 nitrogen and oxygen atoms in total. The summed E-state index contributed by atoms with van der Waals surface area (Å²) in [7, 11) is 0. The molecular formula is C21H20N4O4S2. The number of imide groups is 1. The zero-order valence-electron chi connectivity index (χ0n) is 16.5. The van der Waals surface area contributed by atoms with Crippen LogP contribution >= 0.6 is 23.1 Å². The van der Waals surface area contributed by atoms with Gasteiger partial charge in [0.15, 0.2) is 0 Å². The molecule has 160 valence electrons. The van der Waals surface area contributed by atoms with Crippen molar-refractivity contribution in [1.82, 2.24) is 20.1 Å². The lowest BCUT2D eigenvalue weighted by molar-refractivity contribution is -0.126. The van der Waals surface area contributed by atoms with Crippen LogP contribution in [0.25, 0.3) is 6.08 Å². The van der Waals surface area contributed by atoms with Crippen molar-refractivity contribution in [3.05, 3.63) is 57.4 Å². The van der Waals surface area contributed by atoms with Crippen LogP contribution in [-0.4, -0.2) is 63.4 Å². The van der Waals surface area contributed by atoms with Gasteiger partial charge in [0.1, 0.15) is 6.04 Å². The van der Waals surface area contributed by atoms with Crippen LogP contribution in [0.15, 0.2) is 46.9 Å². The summed E-state index contributed by atoms with van der Waals surface area (Å²) in [6, 6.07) is 6.57. The Morgan fingerprint density at radius 2 is 2.13 bits per heavy atom. The monoisotopic (exact) mass is 456 g/mol. The van der Waals surface area contributed by atoms with Crippen molar-refractivity contribution in [1.29, 1.82) is 0 Å². The molecule has 1 N–H and O–H groups in total. The van der Waals surface area contributed by atoms with E-state index in [0.29, 0.717) is 22.7 Å². The predicted molar refractivity (Wildman–Crippen MR) is 118 cm³/mol. The molecule has 2 fully saturated rings. The highest BCUT2D eigenvalue weighted by molar-refractivity contribution is 8.18. The van der Waals surface area contributed by atoms with Gasteiger partial charge in [-0.3, -0.25) is 29.1 Å². The standard InChI is InChI=1S/C21H20N4O4S2/c26-18(15-5-2-9-24(15)19(27)16-6-3-11-30-16)23-8-10-25-20(28)17(31-21(25)29)12-14-4-1-7-22-13-14/h1,3-4,6-7,11-13,15H,2,5,8-10H2,(H,23,26)/b17-12-/t15-/m0/s1. The van der Waals surface area contributed by atoms with E-state index in [1.807, 2.05) is 11.4 Å². The molecule has 0 unspecified atom stereocenters. The summed E-state index contributed by atoms with van der Waals surface area (Å²) in [5.41, 5.74) is 0.734. The third-order valence-corrected chi connectivity index (χ3v) is 6.80. The van der Waals surface area contributed by atoms with Gasteiger partial charge in [-0.1, -0.05) is 12.1 Å². The molecule has 2 aromatic heterocycles. The lowest BCUT2D eigenvalue weighted by Gasteiger charge is -2.23. The van der Waals surface area contributed by atoms with E-state index < -0.39 is 6.04 Å². The highest BCUT2D eigenvalue weighted by atomic mass is 32.2. The summed E-state index contributed by atoms with van der Waals surface area (Å²) in [6.07, 6.45) is 6.23. The van der Waals surface area contributed by atoms with Gasteiger partial charge in [0, 0.05) is 32.0 Å². The quantitative estimate of drug-likeness (QED) is 0.671. The lowest BCUT2D eigenvalue weighted by Crippen LogP contribution is -2.47. The fourth-order valence-electron chi connectivity index (χ4n) is 3.54. The molecule has 0 aliphatic carbocycles. The summed E-state index contributed by atoms with van der Waals surface area (Å²) in [4.78, 5) is 57.7. The Morgan fingerprint density at radius 1 is 1.26 bits per heavy atom. The molecule has 0 saturated carbocycles. The zero-order valence-corrected chi connectivity index (χ0v) is 18.2. The van der Waals surface area contributed by atoms with Gasteiger partial charge in [-0.25, -0.2) is 0 Å². The molecule has 0 spiro atoms. The minimum atomic E-state index is -0.532. The molecule has 2 aliphatic heterocycles. The van der Waals surface area contributed by atoms with Crippen molar-refractivity contribution in [3.63, 3.8) is 0 Å². The van der Waals surface area contributed by atoms with Crippen LogP contribution in [0.3, 0.4) is 0 Å². The molecule has 10 heteroatoms. The number of pyridine rings is 1. The molecule has 4 rings (SSSR count). The first kappa shape index (κ1) is 21.3. The Labute approximate surface area is 187 Å². The van der Waals surface area contributed by atoms with Gasteiger partial charge >= 0.3 is 0 Å². The number of likely N-dealkylation sites (tertiary alicyclic amines) is 1. The van der Waals surface area contributed by atoms with Crippen LogP contribution in [0.1, 0.15) is 28.1 Å². The minimum absolute atomic E-state index is 0.0758. The SMILES string of the molecule is O=C(NCCN1C(=O)S/C(=C\c2cccnc2)C1=O)[C@@H]1CCCN1C(=O)c1cccs1. The van der Waals surface area contributed by atoms with Crippen molar-refractivity contribution in [3.8, 4) is 0 Å². The highest BCUT2D eigenvalue weighted by Gasteiger charge is 2.36. The number of thiophene rings is 1. The summed E-state index contributed by atoms with van der Waals surface area (Å²) < 4.78 is 0. The number of nitrogens with one attached hydrogen (secondary N) is 1. The highest BCUT2D eigenvalue weighted by Crippen LogP contribution is 2.31. The second kappa shape index (κ2) is 9.44. The summed E-state index contributed by atoms with van der Waals surface area (Å²) >= 11 is 2.22. The maximum absolute atomic E-state index is 12.7. The maximum atomic E-state index is 12.7. The Morgan fingerprint density at radius 3 is 2.87 bits per heavy atom. The molecule has 31 heavy (non-hydrogen) atoms. The molecule has 0 bridgehead atoms. The molecule has 0 aromatic carbocycles. The first-order valence-electron chi connectivity index (χ1n) is 9.82. The average Bonchev–Trinajstić information content (AvgIpc) is 3.52. The van der Waals surface area contributed by atoms with E-state index in [1.54, 1.807) is 41.6 Å². The number of nitrogens with zero attached hydrogens (tertiary/aromatic N) is 3. The fourth-order valence-corrected chi connectivity index (χ4v) is 5.08. The summed E-state index contributed by atoms with van der Waals surface area (Å²) in [5, 5.41) is 4.23. The molecule has 2 saturated heterocycles. The van der Waals surface area contributed by atoms with Crippen LogP contribution in [-0.2, 0) is 9.59 Å². The van der Waals surface area contributed by atoms with Gasteiger partial charge in [-0.15, -0.1) is 11.3 Å². The topological polar surface area (TPSA) is 99.7 Å². The third-order valence-electron chi connectivity index (χ3n) is 5.04. The Balaban J connectivity index is 1.32. The minimum Gasteiger partial charge on any atom is -0.353 e. The van der Waals surface area contributed by atoms with Crippen LogP contribution in [0.5, 0.6) is 0 Å². The van der Waals surface area contributed by atoms with Crippen LogP contribution < -0.4 is 5.32 Å². The van der Waals surface area contributed by atoms with E-state index in [1.165, 1.54) is 11.3 Å². The average molecular weight is 457 g/mol. The van der Waals surface area contributed by atoms with Crippen molar-refractivity contribution >= 4 is 52.1 Å². The van der Waals surface area contributed by atoms with E-state index >= 15 is 0 Å². The smallest absolute Gasteiger partial charge is 0.293 e. The summed E-state index contributed by atoms with van der Waals surface area (Å²) in [5.74, 6) is -0.789. The second-order valence-corrected chi connectivity index (χ2v) is 8.99. The lowest BCUT2D eigenvalue weighted by atomic mass is 10.2. The van der Waals surface area contributed by atoms with E-state index in [9.17, 15) is 19.2 Å². The van der Waals surface area contributed by atoms with Crippen molar-refractivity contribution in [2.24, 2.45) is 0 Å². The first-order chi connectivity index (χ1) is 15.0. The van der Waals surface area contributed by atoms with E-state index in [2.05, 4.69) is 10.3 Å². The Hall–Kier alpha value is -2.98.